The Morgan fingerprint density at radius 1 is 1.26 bits per heavy atom. The van der Waals surface area contributed by atoms with Crippen LogP contribution in [0.3, 0.4) is 0 Å². The summed E-state index contributed by atoms with van der Waals surface area (Å²) in [6.45, 7) is 5.63. The summed E-state index contributed by atoms with van der Waals surface area (Å²) in [5.74, 6) is 1.48. The highest BCUT2D eigenvalue weighted by Gasteiger charge is 2.17. The Labute approximate surface area is 137 Å². The number of hydrogen-bond acceptors (Lipinski definition) is 3. The van der Waals surface area contributed by atoms with E-state index < -0.39 is 0 Å². The maximum Gasteiger partial charge on any atom is 0.315 e. The van der Waals surface area contributed by atoms with Crippen molar-refractivity contribution < 1.29 is 14.0 Å². The van der Waals surface area contributed by atoms with E-state index in [9.17, 15) is 9.59 Å². The van der Waals surface area contributed by atoms with Crippen molar-refractivity contribution in [2.24, 2.45) is 0 Å². The van der Waals surface area contributed by atoms with Gasteiger partial charge in [-0.1, -0.05) is 19.3 Å². The Morgan fingerprint density at radius 3 is 2.57 bits per heavy atom. The van der Waals surface area contributed by atoms with Crippen molar-refractivity contribution in [1.29, 1.82) is 0 Å². The van der Waals surface area contributed by atoms with Crippen LogP contribution in [0, 0.1) is 13.8 Å². The van der Waals surface area contributed by atoms with Gasteiger partial charge in [0.25, 0.3) is 0 Å². The number of furan rings is 1. The minimum atomic E-state index is -0.352. The van der Waals surface area contributed by atoms with Crippen molar-refractivity contribution in [3.63, 3.8) is 0 Å². The molecule has 1 aliphatic carbocycles. The monoisotopic (exact) mass is 321 g/mol. The predicted molar refractivity (Wildman–Crippen MR) is 88.1 cm³/mol. The van der Waals surface area contributed by atoms with Crippen molar-refractivity contribution in [1.82, 2.24) is 16.0 Å². The third-order valence-corrected chi connectivity index (χ3v) is 4.27. The molecule has 0 aliphatic heterocycles. The SMILES string of the molecule is Cc1cc(C(C)NC(=O)NCC(=O)NC2CCCCC2)c(C)o1. The minimum absolute atomic E-state index is 0.00154. The van der Waals surface area contributed by atoms with E-state index >= 15 is 0 Å². The topological polar surface area (TPSA) is 83.4 Å². The van der Waals surface area contributed by atoms with E-state index in [0.29, 0.717) is 0 Å². The minimum Gasteiger partial charge on any atom is -0.466 e. The zero-order valence-electron chi connectivity index (χ0n) is 14.2. The fourth-order valence-corrected chi connectivity index (χ4v) is 3.09. The summed E-state index contributed by atoms with van der Waals surface area (Å²) in [5.41, 5.74) is 0.948. The molecule has 1 fully saturated rings. The first-order valence-electron chi connectivity index (χ1n) is 8.36. The summed E-state index contributed by atoms with van der Waals surface area (Å²) in [6.07, 6.45) is 5.65. The Hall–Kier alpha value is -1.98. The molecule has 23 heavy (non-hydrogen) atoms. The summed E-state index contributed by atoms with van der Waals surface area (Å²) in [7, 11) is 0. The lowest BCUT2D eigenvalue weighted by molar-refractivity contribution is -0.121. The van der Waals surface area contributed by atoms with Gasteiger partial charge >= 0.3 is 6.03 Å². The highest BCUT2D eigenvalue weighted by atomic mass is 16.3. The third-order valence-electron chi connectivity index (χ3n) is 4.27. The predicted octanol–water partition coefficient (Wildman–Crippen LogP) is 2.71. The molecular formula is C17H27N3O3. The van der Waals surface area contributed by atoms with E-state index in [1.807, 2.05) is 26.8 Å². The van der Waals surface area contributed by atoms with Crippen LogP contribution in [0.5, 0.6) is 0 Å². The molecule has 1 aliphatic rings. The Kier molecular flexibility index (Phi) is 6.07. The van der Waals surface area contributed by atoms with Crippen LogP contribution in [-0.4, -0.2) is 24.5 Å². The summed E-state index contributed by atoms with van der Waals surface area (Å²) in [4.78, 5) is 23.8. The zero-order valence-corrected chi connectivity index (χ0v) is 14.2. The largest absolute Gasteiger partial charge is 0.466 e. The van der Waals surface area contributed by atoms with Crippen molar-refractivity contribution >= 4 is 11.9 Å². The maximum atomic E-state index is 11.9. The van der Waals surface area contributed by atoms with Gasteiger partial charge in [0.05, 0.1) is 12.6 Å². The van der Waals surface area contributed by atoms with E-state index in [1.54, 1.807) is 0 Å². The third kappa shape index (κ3) is 5.30. The normalized spacial score (nSPS) is 16.7. The second-order valence-corrected chi connectivity index (χ2v) is 6.32. The van der Waals surface area contributed by atoms with Gasteiger partial charge in [0.1, 0.15) is 11.5 Å². The molecule has 3 amide bonds. The molecule has 1 unspecified atom stereocenters. The number of urea groups is 1. The number of carbonyl (C=O) groups excluding carboxylic acids is 2. The van der Waals surface area contributed by atoms with Crippen molar-refractivity contribution in [2.45, 2.75) is 65.0 Å². The van der Waals surface area contributed by atoms with Gasteiger partial charge in [0.15, 0.2) is 0 Å². The Bertz CT molecular complexity index is 547. The number of carbonyl (C=O) groups is 2. The van der Waals surface area contributed by atoms with Crippen LogP contribution in [0.1, 0.15) is 62.2 Å². The molecule has 1 aromatic heterocycles. The van der Waals surface area contributed by atoms with Crippen LogP contribution in [0.2, 0.25) is 0 Å². The Balaban J connectivity index is 1.71. The second-order valence-electron chi connectivity index (χ2n) is 6.32. The molecule has 0 radical (unpaired) electrons. The van der Waals surface area contributed by atoms with Gasteiger partial charge in [0.2, 0.25) is 5.91 Å². The maximum absolute atomic E-state index is 11.9. The zero-order chi connectivity index (χ0) is 16.8. The van der Waals surface area contributed by atoms with E-state index in [1.165, 1.54) is 19.3 Å². The standard InChI is InChI=1S/C17H27N3O3/c1-11-9-15(13(3)23-11)12(2)19-17(22)18-10-16(21)20-14-7-5-4-6-8-14/h9,12,14H,4-8,10H2,1-3H3,(H,20,21)(H2,18,19,22). The van der Waals surface area contributed by atoms with E-state index in [-0.39, 0.29) is 30.6 Å². The lowest BCUT2D eigenvalue weighted by Gasteiger charge is -2.23. The Morgan fingerprint density at radius 2 is 1.96 bits per heavy atom. The molecule has 128 valence electrons. The van der Waals surface area contributed by atoms with E-state index in [4.69, 9.17) is 4.42 Å². The lowest BCUT2D eigenvalue weighted by atomic mass is 9.95. The smallest absolute Gasteiger partial charge is 0.315 e. The number of hydrogen-bond donors (Lipinski definition) is 3. The average Bonchev–Trinajstić information content (AvgIpc) is 2.85. The lowest BCUT2D eigenvalue weighted by Crippen LogP contribution is -2.45. The van der Waals surface area contributed by atoms with Gasteiger partial charge in [-0.05, 0) is 39.7 Å². The number of amides is 3. The molecule has 3 N–H and O–H groups in total. The molecule has 1 atom stereocenters. The van der Waals surface area contributed by atoms with Gasteiger partial charge in [-0.15, -0.1) is 0 Å². The van der Waals surface area contributed by atoms with Crippen LogP contribution in [0.4, 0.5) is 4.79 Å². The van der Waals surface area contributed by atoms with E-state index in [2.05, 4.69) is 16.0 Å². The first-order valence-corrected chi connectivity index (χ1v) is 8.36. The van der Waals surface area contributed by atoms with Gasteiger partial charge in [-0.3, -0.25) is 4.79 Å². The summed E-state index contributed by atoms with van der Waals surface area (Å²) >= 11 is 0. The van der Waals surface area contributed by atoms with Crippen molar-refractivity contribution in [3.05, 3.63) is 23.2 Å². The molecule has 0 saturated heterocycles. The molecule has 1 saturated carbocycles. The highest BCUT2D eigenvalue weighted by Crippen LogP contribution is 2.21. The highest BCUT2D eigenvalue weighted by molar-refractivity contribution is 5.84. The van der Waals surface area contributed by atoms with E-state index in [0.717, 1.165) is 29.9 Å². The molecule has 6 nitrogen and oxygen atoms in total. The fourth-order valence-electron chi connectivity index (χ4n) is 3.09. The van der Waals surface area contributed by atoms with Gasteiger partial charge in [-0.25, -0.2) is 4.79 Å². The first kappa shape index (κ1) is 17.4. The van der Waals surface area contributed by atoms with Crippen LogP contribution < -0.4 is 16.0 Å². The quantitative estimate of drug-likeness (QED) is 0.779. The summed E-state index contributed by atoms with van der Waals surface area (Å²) in [6, 6.07) is 1.65. The van der Waals surface area contributed by atoms with Crippen LogP contribution in [-0.2, 0) is 4.79 Å². The molecule has 0 bridgehead atoms. The summed E-state index contributed by atoms with van der Waals surface area (Å²) < 4.78 is 5.46. The van der Waals surface area contributed by atoms with Gasteiger partial charge in [-0.2, -0.15) is 0 Å². The second kappa shape index (κ2) is 8.04. The molecule has 2 rings (SSSR count). The first-order chi connectivity index (χ1) is 11.0. The number of nitrogens with one attached hydrogen (secondary N) is 3. The van der Waals surface area contributed by atoms with Crippen LogP contribution in [0.25, 0.3) is 0 Å². The molecule has 1 heterocycles. The number of rotatable bonds is 5. The van der Waals surface area contributed by atoms with Crippen molar-refractivity contribution in [2.75, 3.05) is 6.54 Å². The average molecular weight is 321 g/mol. The molecule has 6 heteroatoms. The van der Waals surface area contributed by atoms with Crippen LogP contribution in [0.15, 0.2) is 10.5 Å². The molecule has 0 spiro atoms. The molecule has 1 aromatic rings. The summed E-state index contributed by atoms with van der Waals surface area (Å²) in [5, 5.41) is 8.40. The van der Waals surface area contributed by atoms with Crippen LogP contribution >= 0.6 is 0 Å². The van der Waals surface area contributed by atoms with Gasteiger partial charge < -0.3 is 20.4 Å². The fraction of sp³-hybridized carbons (Fsp3) is 0.647. The van der Waals surface area contributed by atoms with Gasteiger partial charge in [0, 0.05) is 11.6 Å². The molecular weight excluding hydrogens is 294 g/mol. The molecule has 0 aromatic carbocycles. The number of aryl methyl sites for hydroxylation is 2. The van der Waals surface area contributed by atoms with Crippen molar-refractivity contribution in [3.8, 4) is 0 Å².